The first-order chi connectivity index (χ1) is 11.7. The van der Waals surface area contributed by atoms with Gasteiger partial charge in [-0.1, -0.05) is 0 Å². The third-order valence-electron chi connectivity index (χ3n) is 2.57. The molecule has 0 aliphatic heterocycles. The van der Waals surface area contributed by atoms with Gasteiger partial charge in [0, 0.05) is 12.3 Å². The normalized spacial score (nSPS) is 11.7. The summed E-state index contributed by atoms with van der Waals surface area (Å²) in [5, 5.41) is 34.0. The number of tetrazole rings is 1. The molecule has 0 unspecified atom stereocenters. The first-order valence-corrected chi connectivity index (χ1v) is 6.06. The number of alkyl halides is 3. The van der Waals surface area contributed by atoms with Crippen LogP contribution in [0.5, 0.6) is 5.75 Å². The first-order valence-electron chi connectivity index (χ1n) is 6.06. The predicted octanol–water partition coefficient (Wildman–Crippen LogP) is 2.12. The van der Waals surface area contributed by atoms with Gasteiger partial charge in [-0.05, 0) is 11.3 Å². The molecule has 1 heterocycles. The molecule has 1 aromatic heterocycles. The molecule has 2 aromatic rings. The van der Waals surface area contributed by atoms with Gasteiger partial charge in [0.2, 0.25) is 11.6 Å². The summed E-state index contributed by atoms with van der Waals surface area (Å²) in [5.74, 6) is -3.47. The molecular formula is C11H5F4N7O3. The Bertz CT molecular complexity index is 858. The van der Waals surface area contributed by atoms with Crippen LogP contribution in [0.1, 0.15) is 5.82 Å². The molecule has 0 saturated heterocycles. The molecule has 0 atom stereocenters. The largest absolute Gasteiger partial charge is 0.573 e. The van der Waals surface area contributed by atoms with E-state index in [0.29, 0.717) is 6.07 Å². The molecule has 14 heteroatoms. The highest BCUT2D eigenvalue weighted by Gasteiger charge is 2.36. The molecule has 0 aliphatic rings. The van der Waals surface area contributed by atoms with Gasteiger partial charge in [0.1, 0.15) is 11.6 Å². The minimum absolute atomic E-state index is 0.185. The van der Waals surface area contributed by atoms with Crippen LogP contribution in [0.2, 0.25) is 0 Å². The zero-order valence-electron chi connectivity index (χ0n) is 11.7. The molecular weight excluding hydrogens is 354 g/mol. The second-order valence-electron chi connectivity index (χ2n) is 4.13. The van der Waals surface area contributed by atoms with Crippen molar-refractivity contribution in [2.75, 3.05) is 5.32 Å². The van der Waals surface area contributed by atoms with Crippen LogP contribution in [0.3, 0.4) is 0 Å². The first kappa shape index (κ1) is 17.6. The molecule has 0 saturated carbocycles. The fourth-order valence-electron chi connectivity index (χ4n) is 1.59. The van der Waals surface area contributed by atoms with Crippen molar-refractivity contribution in [3.8, 4) is 11.8 Å². The standard InChI is InChI=1S/C11H5F4N7O3/c12-8-7(22(23)24)2-1-6(9(8)25-11(13,14)15)17-4-5(3-16)10-18-20-21-19-10/h1-2,4,17H,(H,18,19,20,21). The molecule has 2 rings (SSSR count). The average Bonchev–Trinajstić information content (AvgIpc) is 3.03. The van der Waals surface area contributed by atoms with Crippen LogP contribution >= 0.6 is 0 Å². The van der Waals surface area contributed by atoms with Crippen molar-refractivity contribution >= 4 is 16.9 Å². The Hall–Kier alpha value is -3.76. The molecule has 0 amide bonds. The van der Waals surface area contributed by atoms with Crippen molar-refractivity contribution in [2.45, 2.75) is 6.36 Å². The fourth-order valence-corrected chi connectivity index (χ4v) is 1.59. The summed E-state index contributed by atoms with van der Waals surface area (Å²) in [5.41, 5.74) is -2.09. The summed E-state index contributed by atoms with van der Waals surface area (Å²) in [4.78, 5) is 9.44. The van der Waals surface area contributed by atoms with E-state index in [4.69, 9.17) is 5.26 Å². The molecule has 0 spiro atoms. The van der Waals surface area contributed by atoms with Crippen molar-refractivity contribution in [3.05, 3.63) is 40.1 Å². The second kappa shape index (κ2) is 6.78. The Morgan fingerprint density at radius 1 is 1.48 bits per heavy atom. The molecule has 0 radical (unpaired) electrons. The van der Waals surface area contributed by atoms with E-state index < -0.39 is 34.2 Å². The van der Waals surface area contributed by atoms with Crippen molar-refractivity contribution in [1.29, 1.82) is 5.26 Å². The van der Waals surface area contributed by atoms with Crippen LogP contribution in [0, 0.1) is 27.3 Å². The van der Waals surface area contributed by atoms with E-state index in [-0.39, 0.29) is 11.4 Å². The number of aromatic amines is 1. The maximum absolute atomic E-state index is 14.0. The lowest BCUT2D eigenvalue weighted by molar-refractivity contribution is -0.387. The number of halogens is 4. The van der Waals surface area contributed by atoms with Crippen molar-refractivity contribution < 1.29 is 27.2 Å². The number of rotatable bonds is 5. The molecule has 10 nitrogen and oxygen atoms in total. The molecule has 0 fully saturated rings. The van der Waals surface area contributed by atoms with Gasteiger partial charge in [0.15, 0.2) is 5.75 Å². The Labute approximate surface area is 134 Å². The molecule has 25 heavy (non-hydrogen) atoms. The Kier molecular flexibility index (Phi) is 4.77. The number of ether oxygens (including phenoxy) is 1. The van der Waals surface area contributed by atoms with Gasteiger partial charge in [-0.2, -0.15) is 14.9 Å². The second-order valence-corrected chi connectivity index (χ2v) is 4.13. The van der Waals surface area contributed by atoms with Crippen LogP contribution in [-0.2, 0) is 0 Å². The van der Waals surface area contributed by atoms with Crippen LogP contribution in [-0.4, -0.2) is 31.9 Å². The number of benzene rings is 1. The van der Waals surface area contributed by atoms with Gasteiger partial charge < -0.3 is 10.1 Å². The van der Waals surface area contributed by atoms with Crippen LogP contribution < -0.4 is 10.1 Å². The van der Waals surface area contributed by atoms with E-state index >= 15 is 0 Å². The highest BCUT2D eigenvalue weighted by molar-refractivity contribution is 5.75. The lowest BCUT2D eigenvalue weighted by Gasteiger charge is -2.14. The number of nitro groups is 1. The van der Waals surface area contributed by atoms with E-state index in [1.165, 1.54) is 0 Å². The highest BCUT2D eigenvalue weighted by Crippen LogP contribution is 2.37. The summed E-state index contributed by atoms with van der Waals surface area (Å²) < 4.78 is 54.8. The SMILES string of the molecule is N#CC(=CNc1ccc([N+](=O)[O-])c(F)c1OC(F)(F)F)c1nn[nH]n1. The zero-order valence-corrected chi connectivity index (χ0v) is 11.7. The number of nitro benzene ring substituents is 1. The third-order valence-corrected chi connectivity index (χ3v) is 2.57. The minimum Gasteiger partial charge on any atom is -0.400 e. The van der Waals surface area contributed by atoms with Gasteiger partial charge in [-0.25, -0.2) is 0 Å². The third kappa shape index (κ3) is 4.16. The van der Waals surface area contributed by atoms with Crippen LogP contribution in [0.15, 0.2) is 18.3 Å². The number of allylic oxidation sites excluding steroid dienone is 1. The summed E-state index contributed by atoms with van der Waals surface area (Å²) >= 11 is 0. The smallest absolute Gasteiger partial charge is 0.400 e. The van der Waals surface area contributed by atoms with E-state index in [1.807, 2.05) is 0 Å². The average molecular weight is 359 g/mol. The lowest BCUT2D eigenvalue weighted by atomic mass is 10.2. The summed E-state index contributed by atoms with van der Waals surface area (Å²) in [6, 6.07) is 3.05. The van der Waals surface area contributed by atoms with E-state index in [9.17, 15) is 27.7 Å². The van der Waals surface area contributed by atoms with Crippen molar-refractivity contribution in [3.63, 3.8) is 0 Å². The molecule has 2 N–H and O–H groups in total. The van der Waals surface area contributed by atoms with Gasteiger partial charge in [0.25, 0.3) is 0 Å². The number of nitriles is 1. The Morgan fingerprint density at radius 2 is 2.20 bits per heavy atom. The van der Waals surface area contributed by atoms with Gasteiger partial charge in [-0.15, -0.1) is 23.4 Å². The monoisotopic (exact) mass is 359 g/mol. The minimum atomic E-state index is -5.30. The maximum Gasteiger partial charge on any atom is 0.573 e. The van der Waals surface area contributed by atoms with Crippen molar-refractivity contribution in [1.82, 2.24) is 20.6 Å². The van der Waals surface area contributed by atoms with E-state index in [0.717, 1.165) is 12.3 Å². The van der Waals surface area contributed by atoms with Crippen molar-refractivity contribution in [2.24, 2.45) is 0 Å². The lowest BCUT2D eigenvalue weighted by Crippen LogP contribution is -2.19. The maximum atomic E-state index is 14.0. The molecule has 0 bridgehead atoms. The quantitative estimate of drug-likeness (QED) is 0.358. The Morgan fingerprint density at radius 3 is 2.72 bits per heavy atom. The summed E-state index contributed by atoms with van der Waals surface area (Å²) in [6.45, 7) is 0. The molecule has 130 valence electrons. The van der Waals surface area contributed by atoms with Crippen LogP contribution in [0.25, 0.3) is 5.57 Å². The number of nitrogens with zero attached hydrogens (tertiary/aromatic N) is 5. The fraction of sp³-hybridized carbons (Fsp3) is 0.0909. The summed E-state index contributed by atoms with van der Waals surface area (Å²) in [7, 11) is 0. The van der Waals surface area contributed by atoms with E-state index in [2.05, 4.69) is 30.7 Å². The van der Waals surface area contributed by atoms with E-state index in [1.54, 1.807) is 6.07 Å². The summed E-state index contributed by atoms with van der Waals surface area (Å²) in [6.07, 6.45) is -4.45. The topological polar surface area (TPSA) is 143 Å². The predicted molar refractivity (Wildman–Crippen MR) is 71.1 cm³/mol. The molecule has 0 aliphatic carbocycles. The van der Waals surface area contributed by atoms with Crippen LogP contribution in [0.4, 0.5) is 28.9 Å². The number of anilines is 1. The number of nitrogens with one attached hydrogen (secondary N) is 2. The van der Waals surface area contributed by atoms with Gasteiger partial charge in [0.05, 0.1) is 10.6 Å². The van der Waals surface area contributed by atoms with Gasteiger partial charge >= 0.3 is 12.0 Å². The Balaban J connectivity index is 2.45. The number of aromatic nitrogens is 4. The number of H-pyrrole nitrogens is 1. The molecule has 1 aromatic carbocycles. The number of hydrogen-bond acceptors (Lipinski definition) is 8. The van der Waals surface area contributed by atoms with Gasteiger partial charge in [-0.3, -0.25) is 10.1 Å². The highest BCUT2D eigenvalue weighted by atomic mass is 19.4. The zero-order chi connectivity index (χ0) is 18.6. The number of hydrogen-bond donors (Lipinski definition) is 2.